The van der Waals surface area contributed by atoms with Crippen molar-refractivity contribution in [2.75, 3.05) is 5.32 Å². The van der Waals surface area contributed by atoms with Gasteiger partial charge in [0.2, 0.25) is 5.91 Å². The third kappa shape index (κ3) is 2.74. The van der Waals surface area contributed by atoms with E-state index in [0.717, 1.165) is 0 Å². The van der Waals surface area contributed by atoms with Crippen LogP contribution in [0.4, 0.5) is 10.1 Å². The zero-order valence-corrected chi connectivity index (χ0v) is 10.8. The number of nitrogens with one attached hydrogen (secondary N) is 1. The van der Waals surface area contributed by atoms with Gasteiger partial charge in [-0.1, -0.05) is 0 Å². The van der Waals surface area contributed by atoms with Gasteiger partial charge < -0.3 is 10.4 Å². The first-order chi connectivity index (χ1) is 7.99. The number of hydrogen-bond donors (Lipinski definition) is 2. The number of rotatable bonds is 3. The lowest BCUT2D eigenvalue weighted by atomic mass is 10.2. The maximum atomic E-state index is 12.8. The van der Waals surface area contributed by atoms with Crippen LogP contribution in [-0.4, -0.2) is 17.0 Å². The summed E-state index contributed by atoms with van der Waals surface area (Å²) < 4.78 is 13.4. The van der Waals surface area contributed by atoms with Crippen molar-refractivity contribution in [2.45, 2.75) is 6.42 Å². The molecule has 90 valence electrons. The maximum Gasteiger partial charge on any atom is 0.307 e. The summed E-state index contributed by atoms with van der Waals surface area (Å²) in [6.07, 6.45) is 0.374. The van der Waals surface area contributed by atoms with Crippen LogP contribution in [0.15, 0.2) is 18.2 Å². The number of carboxylic acid groups (broad SMARTS) is 1. The van der Waals surface area contributed by atoms with Crippen LogP contribution in [0, 0.1) is 21.2 Å². The summed E-state index contributed by atoms with van der Waals surface area (Å²) in [5.74, 6) is -2.68. The molecular formula is C11H9FINO3. The van der Waals surface area contributed by atoms with Crippen LogP contribution >= 0.6 is 22.6 Å². The van der Waals surface area contributed by atoms with E-state index in [1.54, 1.807) is 0 Å². The Morgan fingerprint density at radius 2 is 2.12 bits per heavy atom. The second kappa shape index (κ2) is 4.59. The number of amides is 1. The topological polar surface area (TPSA) is 66.4 Å². The number of halogens is 2. The van der Waals surface area contributed by atoms with E-state index in [9.17, 15) is 14.0 Å². The highest BCUT2D eigenvalue weighted by atomic mass is 127. The average molecular weight is 349 g/mol. The van der Waals surface area contributed by atoms with Crippen molar-refractivity contribution in [3.63, 3.8) is 0 Å². The predicted molar refractivity (Wildman–Crippen MR) is 67.0 cm³/mol. The molecule has 0 saturated heterocycles. The molecule has 6 heteroatoms. The third-order valence-corrected chi connectivity index (χ3v) is 3.53. The molecule has 0 spiro atoms. The quantitative estimate of drug-likeness (QED) is 0.822. The van der Waals surface area contributed by atoms with Crippen molar-refractivity contribution in [3.8, 4) is 0 Å². The minimum atomic E-state index is -0.945. The first kappa shape index (κ1) is 12.3. The Morgan fingerprint density at radius 1 is 1.41 bits per heavy atom. The highest BCUT2D eigenvalue weighted by Crippen LogP contribution is 2.39. The van der Waals surface area contributed by atoms with Gasteiger partial charge in [0.05, 0.1) is 17.5 Å². The van der Waals surface area contributed by atoms with Gasteiger partial charge in [-0.05, 0) is 47.2 Å². The standard InChI is InChI=1S/C11H9FINO3/c12-5-1-2-9(8(13)3-5)14-10(15)6-4-7(6)11(16)17/h1-3,6-7H,4H2,(H,14,15)(H,16,17). The highest BCUT2D eigenvalue weighted by molar-refractivity contribution is 14.1. The zero-order chi connectivity index (χ0) is 12.6. The number of benzene rings is 1. The Kier molecular flexibility index (Phi) is 3.32. The molecule has 2 N–H and O–H groups in total. The molecule has 17 heavy (non-hydrogen) atoms. The van der Waals surface area contributed by atoms with Gasteiger partial charge in [0.15, 0.2) is 0 Å². The van der Waals surface area contributed by atoms with E-state index < -0.39 is 17.8 Å². The molecule has 1 aliphatic carbocycles. The van der Waals surface area contributed by atoms with Gasteiger partial charge in [-0.25, -0.2) is 4.39 Å². The van der Waals surface area contributed by atoms with E-state index in [2.05, 4.69) is 5.32 Å². The van der Waals surface area contributed by atoms with Crippen molar-refractivity contribution in [1.82, 2.24) is 0 Å². The molecule has 4 nitrogen and oxygen atoms in total. The van der Waals surface area contributed by atoms with E-state index in [1.165, 1.54) is 18.2 Å². The van der Waals surface area contributed by atoms with Gasteiger partial charge in [-0.3, -0.25) is 9.59 Å². The molecule has 0 aliphatic heterocycles. The molecule has 0 radical (unpaired) electrons. The highest BCUT2D eigenvalue weighted by Gasteiger charge is 2.48. The lowest BCUT2D eigenvalue weighted by Crippen LogP contribution is -2.17. The van der Waals surface area contributed by atoms with Gasteiger partial charge in [0.25, 0.3) is 0 Å². The number of carboxylic acids is 1. The summed E-state index contributed by atoms with van der Waals surface area (Å²) >= 11 is 1.91. The van der Waals surface area contributed by atoms with Crippen molar-refractivity contribution < 1.29 is 19.1 Å². The summed E-state index contributed by atoms with van der Waals surface area (Å²) in [6, 6.07) is 4.02. The minimum absolute atomic E-state index is 0.318. The van der Waals surface area contributed by atoms with E-state index in [-0.39, 0.29) is 11.7 Å². The molecule has 1 aromatic rings. The van der Waals surface area contributed by atoms with Crippen LogP contribution in [0.2, 0.25) is 0 Å². The summed E-state index contributed by atoms with van der Waals surface area (Å²) in [5, 5.41) is 11.3. The number of hydrogen-bond acceptors (Lipinski definition) is 2. The second-order valence-corrected chi connectivity index (χ2v) is 5.06. The Bertz CT molecular complexity index is 492. The van der Waals surface area contributed by atoms with Crippen molar-refractivity contribution in [2.24, 2.45) is 11.8 Å². The van der Waals surface area contributed by atoms with Crippen LogP contribution in [0.5, 0.6) is 0 Å². The molecule has 1 fully saturated rings. The molecule has 1 saturated carbocycles. The Morgan fingerprint density at radius 3 is 2.65 bits per heavy atom. The average Bonchev–Trinajstić information content (AvgIpc) is 3.01. The largest absolute Gasteiger partial charge is 0.481 e. The fourth-order valence-electron chi connectivity index (χ4n) is 1.57. The Hall–Kier alpha value is -1.18. The number of anilines is 1. The number of carbonyl (C=O) groups excluding carboxylic acids is 1. The van der Waals surface area contributed by atoms with Gasteiger partial charge in [-0.15, -0.1) is 0 Å². The predicted octanol–water partition coefficient (Wildman–Crippen LogP) is 2.09. The molecule has 0 aromatic heterocycles. The van der Waals surface area contributed by atoms with Crippen LogP contribution in [-0.2, 0) is 9.59 Å². The van der Waals surface area contributed by atoms with Gasteiger partial charge in [0, 0.05) is 3.57 Å². The molecule has 2 unspecified atom stereocenters. The molecule has 1 aliphatic rings. The monoisotopic (exact) mass is 349 g/mol. The summed E-state index contributed by atoms with van der Waals surface area (Å²) in [6.45, 7) is 0. The summed E-state index contributed by atoms with van der Waals surface area (Å²) in [7, 11) is 0. The van der Waals surface area contributed by atoms with E-state index >= 15 is 0 Å². The van der Waals surface area contributed by atoms with E-state index in [0.29, 0.717) is 15.7 Å². The van der Waals surface area contributed by atoms with Gasteiger partial charge in [-0.2, -0.15) is 0 Å². The molecule has 1 aromatic carbocycles. The second-order valence-electron chi connectivity index (χ2n) is 3.90. The Labute approximate surface area is 110 Å². The van der Waals surface area contributed by atoms with Gasteiger partial charge in [0.1, 0.15) is 5.82 Å². The zero-order valence-electron chi connectivity index (χ0n) is 8.61. The van der Waals surface area contributed by atoms with Crippen molar-refractivity contribution >= 4 is 40.2 Å². The van der Waals surface area contributed by atoms with Gasteiger partial charge >= 0.3 is 5.97 Å². The molecule has 0 bridgehead atoms. The smallest absolute Gasteiger partial charge is 0.307 e. The molecule has 1 amide bonds. The minimum Gasteiger partial charge on any atom is -0.481 e. The lowest BCUT2D eigenvalue weighted by Gasteiger charge is -2.06. The van der Waals surface area contributed by atoms with Crippen LogP contribution in [0.1, 0.15) is 6.42 Å². The maximum absolute atomic E-state index is 12.8. The molecule has 2 rings (SSSR count). The molecule has 2 atom stereocenters. The van der Waals surface area contributed by atoms with Crippen molar-refractivity contribution in [3.05, 3.63) is 27.6 Å². The summed E-state index contributed by atoms with van der Waals surface area (Å²) in [4.78, 5) is 22.3. The number of carbonyl (C=O) groups is 2. The van der Waals surface area contributed by atoms with E-state index in [1.807, 2.05) is 22.6 Å². The van der Waals surface area contributed by atoms with E-state index in [4.69, 9.17) is 5.11 Å². The fourth-order valence-corrected chi connectivity index (χ4v) is 2.19. The SMILES string of the molecule is O=C(O)C1CC1C(=O)Nc1ccc(F)cc1I. The molecule has 0 heterocycles. The number of aliphatic carboxylic acids is 1. The summed E-state index contributed by atoms with van der Waals surface area (Å²) in [5.41, 5.74) is 0.507. The Balaban J connectivity index is 2.02. The first-order valence-corrected chi connectivity index (χ1v) is 6.05. The third-order valence-electron chi connectivity index (χ3n) is 2.63. The molecular weight excluding hydrogens is 340 g/mol. The lowest BCUT2D eigenvalue weighted by molar-refractivity contribution is -0.139. The fraction of sp³-hybridized carbons (Fsp3) is 0.273. The van der Waals surface area contributed by atoms with Crippen LogP contribution in [0.25, 0.3) is 0 Å². The van der Waals surface area contributed by atoms with Crippen molar-refractivity contribution in [1.29, 1.82) is 0 Å². The van der Waals surface area contributed by atoms with Crippen LogP contribution in [0.3, 0.4) is 0 Å². The first-order valence-electron chi connectivity index (χ1n) is 4.98. The van der Waals surface area contributed by atoms with Crippen LogP contribution < -0.4 is 5.32 Å². The normalized spacial score (nSPS) is 22.0.